The van der Waals surface area contributed by atoms with Gasteiger partial charge in [0.2, 0.25) is 0 Å². The van der Waals surface area contributed by atoms with Gasteiger partial charge in [0.05, 0.1) is 10.5 Å². The van der Waals surface area contributed by atoms with Crippen LogP contribution in [0.15, 0.2) is 18.2 Å². The van der Waals surface area contributed by atoms with Crippen LogP contribution in [0.2, 0.25) is 0 Å². The van der Waals surface area contributed by atoms with Crippen LogP contribution in [0.25, 0.3) is 0 Å². The van der Waals surface area contributed by atoms with Crippen molar-refractivity contribution in [3.63, 3.8) is 0 Å². The molecule has 7 heteroatoms. The number of benzene rings is 1. The molecule has 0 saturated heterocycles. The molecular formula is C14H19F3N2O2. The first kappa shape index (κ1) is 17.4. The summed E-state index contributed by atoms with van der Waals surface area (Å²) in [5, 5.41) is 14.2. The average molecular weight is 304 g/mol. The predicted octanol–water partition coefficient (Wildman–Crippen LogP) is 3.96. The van der Waals surface area contributed by atoms with Gasteiger partial charge in [0.25, 0.3) is 5.69 Å². The highest BCUT2D eigenvalue weighted by atomic mass is 19.4. The van der Waals surface area contributed by atoms with Crippen molar-refractivity contribution < 1.29 is 18.1 Å². The van der Waals surface area contributed by atoms with Gasteiger partial charge >= 0.3 is 6.18 Å². The van der Waals surface area contributed by atoms with Crippen LogP contribution < -0.4 is 5.32 Å². The highest BCUT2D eigenvalue weighted by Gasteiger charge is 2.35. The number of rotatable bonds is 5. The van der Waals surface area contributed by atoms with Gasteiger partial charge in [0.1, 0.15) is 0 Å². The quantitative estimate of drug-likeness (QED) is 0.661. The third kappa shape index (κ3) is 3.93. The van der Waals surface area contributed by atoms with Crippen molar-refractivity contribution in [3.05, 3.63) is 39.4 Å². The molecule has 118 valence electrons. The van der Waals surface area contributed by atoms with Gasteiger partial charge in [-0.25, -0.2) is 0 Å². The summed E-state index contributed by atoms with van der Waals surface area (Å²) in [6.45, 7) is 5.63. The highest BCUT2D eigenvalue weighted by Crippen LogP contribution is 2.38. The molecule has 0 fully saturated rings. The molecule has 0 spiro atoms. The molecule has 0 radical (unpaired) electrons. The molecule has 0 aliphatic rings. The Morgan fingerprint density at radius 1 is 1.24 bits per heavy atom. The molecule has 2 atom stereocenters. The Hall–Kier alpha value is -1.63. The summed E-state index contributed by atoms with van der Waals surface area (Å²) >= 11 is 0. The monoisotopic (exact) mass is 304 g/mol. The summed E-state index contributed by atoms with van der Waals surface area (Å²) in [5.74, 6) is -0.208. The van der Waals surface area contributed by atoms with Gasteiger partial charge < -0.3 is 5.32 Å². The fourth-order valence-corrected chi connectivity index (χ4v) is 2.55. The summed E-state index contributed by atoms with van der Waals surface area (Å²) in [5.41, 5.74) is -1.16. The summed E-state index contributed by atoms with van der Waals surface area (Å²) < 4.78 is 38.1. The van der Waals surface area contributed by atoms with Crippen molar-refractivity contribution in [3.8, 4) is 0 Å². The second kappa shape index (κ2) is 6.43. The van der Waals surface area contributed by atoms with Gasteiger partial charge in [-0.15, -0.1) is 0 Å². The van der Waals surface area contributed by atoms with E-state index in [2.05, 4.69) is 5.32 Å². The largest absolute Gasteiger partial charge is 0.416 e. The van der Waals surface area contributed by atoms with Crippen LogP contribution >= 0.6 is 0 Å². The van der Waals surface area contributed by atoms with Crippen molar-refractivity contribution in [1.29, 1.82) is 0 Å². The minimum absolute atomic E-state index is 0.0443. The van der Waals surface area contributed by atoms with Gasteiger partial charge in [-0.3, -0.25) is 10.1 Å². The zero-order valence-electron chi connectivity index (χ0n) is 12.4. The Kier molecular flexibility index (Phi) is 5.33. The smallest absolute Gasteiger partial charge is 0.317 e. The molecule has 0 saturated carbocycles. The zero-order chi connectivity index (χ0) is 16.4. The highest BCUT2D eigenvalue weighted by molar-refractivity contribution is 5.47. The van der Waals surface area contributed by atoms with E-state index < -0.39 is 22.4 Å². The van der Waals surface area contributed by atoms with Gasteiger partial charge in [-0.2, -0.15) is 13.2 Å². The number of alkyl halides is 3. The molecule has 0 aliphatic heterocycles. The van der Waals surface area contributed by atoms with Crippen LogP contribution in [0.4, 0.5) is 18.9 Å². The molecule has 0 aliphatic carbocycles. The zero-order valence-corrected chi connectivity index (χ0v) is 12.4. The normalized spacial score (nSPS) is 15.0. The molecule has 0 aromatic heterocycles. The lowest BCUT2D eigenvalue weighted by Gasteiger charge is -2.27. The number of nitrogens with one attached hydrogen (secondary N) is 1. The number of likely N-dealkylation sites (N-methyl/N-ethyl adjacent to an activating group) is 1. The molecule has 1 aromatic carbocycles. The van der Waals surface area contributed by atoms with E-state index in [0.29, 0.717) is 11.6 Å². The van der Waals surface area contributed by atoms with Gasteiger partial charge in [-0.05, 0) is 26.0 Å². The average Bonchev–Trinajstić information content (AvgIpc) is 2.37. The van der Waals surface area contributed by atoms with Gasteiger partial charge in [0.15, 0.2) is 0 Å². The van der Waals surface area contributed by atoms with Crippen molar-refractivity contribution in [2.24, 2.45) is 5.92 Å². The molecule has 21 heavy (non-hydrogen) atoms. The Bertz CT molecular complexity index is 515. The van der Waals surface area contributed by atoms with Gasteiger partial charge in [0, 0.05) is 23.6 Å². The predicted molar refractivity (Wildman–Crippen MR) is 74.2 cm³/mol. The standard InChI is InChI=1S/C14H19F3N2O2/c1-8(2)13(9(3)18-4)11-6-5-10(14(15,16)17)7-12(11)19(20)21/h5-9,13,18H,1-4H3. The lowest BCUT2D eigenvalue weighted by atomic mass is 9.82. The number of nitro benzene ring substituents is 1. The number of hydrogen-bond donors (Lipinski definition) is 1. The number of nitrogens with zero attached hydrogens (tertiary/aromatic N) is 1. The fourth-order valence-electron chi connectivity index (χ4n) is 2.55. The van der Waals surface area contributed by atoms with E-state index in [-0.39, 0.29) is 17.9 Å². The van der Waals surface area contributed by atoms with Crippen LogP contribution in [0, 0.1) is 16.0 Å². The minimum atomic E-state index is -4.59. The molecule has 2 unspecified atom stereocenters. The fraction of sp³-hybridized carbons (Fsp3) is 0.571. The molecule has 0 bridgehead atoms. The Labute approximate surface area is 121 Å². The minimum Gasteiger partial charge on any atom is -0.317 e. The summed E-state index contributed by atoms with van der Waals surface area (Å²) in [7, 11) is 1.72. The van der Waals surface area contributed by atoms with E-state index >= 15 is 0 Å². The molecule has 4 nitrogen and oxygen atoms in total. The number of halogens is 3. The van der Waals surface area contributed by atoms with E-state index in [9.17, 15) is 23.3 Å². The van der Waals surface area contributed by atoms with Crippen molar-refractivity contribution in [2.45, 2.75) is 38.9 Å². The Balaban J connectivity index is 3.44. The number of nitro groups is 1. The van der Waals surface area contributed by atoms with Crippen LogP contribution in [-0.2, 0) is 6.18 Å². The SMILES string of the molecule is CNC(C)C(c1ccc(C(F)(F)F)cc1[N+](=O)[O-])C(C)C. The second-order valence-corrected chi connectivity index (χ2v) is 5.38. The topological polar surface area (TPSA) is 55.2 Å². The lowest BCUT2D eigenvalue weighted by molar-refractivity contribution is -0.386. The van der Waals surface area contributed by atoms with E-state index in [1.54, 1.807) is 7.05 Å². The summed E-state index contributed by atoms with van der Waals surface area (Å²) in [6.07, 6.45) is -4.59. The number of hydrogen-bond acceptors (Lipinski definition) is 3. The first-order chi connectivity index (χ1) is 9.59. The molecular weight excluding hydrogens is 285 g/mol. The summed E-state index contributed by atoms with van der Waals surface area (Å²) in [6, 6.07) is 2.65. The van der Waals surface area contributed by atoms with E-state index in [0.717, 1.165) is 6.07 Å². The maximum atomic E-state index is 12.7. The summed E-state index contributed by atoms with van der Waals surface area (Å²) in [4.78, 5) is 10.4. The van der Waals surface area contributed by atoms with E-state index in [1.807, 2.05) is 20.8 Å². The second-order valence-electron chi connectivity index (χ2n) is 5.38. The van der Waals surface area contributed by atoms with Crippen molar-refractivity contribution in [1.82, 2.24) is 5.32 Å². The van der Waals surface area contributed by atoms with E-state index in [4.69, 9.17) is 0 Å². The molecule has 0 heterocycles. The first-order valence-corrected chi connectivity index (χ1v) is 6.62. The van der Waals surface area contributed by atoms with Crippen LogP contribution in [-0.4, -0.2) is 18.0 Å². The third-order valence-electron chi connectivity index (χ3n) is 3.63. The van der Waals surface area contributed by atoms with Crippen molar-refractivity contribution in [2.75, 3.05) is 7.05 Å². The Morgan fingerprint density at radius 2 is 1.81 bits per heavy atom. The van der Waals surface area contributed by atoms with Crippen LogP contribution in [0.3, 0.4) is 0 Å². The van der Waals surface area contributed by atoms with Crippen LogP contribution in [0.5, 0.6) is 0 Å². The Morgan fingerprint density at radius 3 is 2.19 bits per heavy atom. The molecule has 1 N–H and O–H groups in total. The van der Waals surface area contributed by atoms with Gasteiger partial charge in [-0.1, -0.05) is 19.9 Å². The maximum absolute atomic E-state index is 12.7. The van der Waals surface area contributed by atoms with E-state index in [1.165, 1.54) is 6.07 Å². The molecule has 1 aromatic rings. The molecule has 1 rings (SSSR count). The third-order valence-corrected chi connectivity index (χ3v) is 3.63. The first-order valence-electron chi connectivity index (χ1n) is 6.62. The molecule has 0 amide bonds. The van der Waals surface area contributed by atoms with Crippen molar-refractivity contribution >= 4 is 5.69 Å². The maximum Gasteiger partial charge on any atom is 0.416 e. The lowest BCUT2D eigenvalue weighted by Crippen LogP contribution is -2.32. The van der Waals surface area contributed by atoms with Crippen LogP contribution in [0.1, 0.15) is 37.8 Å².